The quantitative estimate of drug-likeness (QED) is 0.449. The highest BCUT2D eigenvalue weighted by atomic mass is 35.5. The molecule has 0 aliphatic carbocycles. The highest BCUT2D eigenvalue weighted by Crippen LogP contribution is 2.29. The number of nitrogens with zero attached hydrogens (tertiary/aromatic N) is 2. The van der Waals surface area contributed by atoms with Gasteiger partial charge in [-0.25, -0.2) is 4.39 Å². The van der Waals surface area contributed by atoms with E-state index in [-0.39, 0.29) is 18.3 Å². The van der Waals surface area contributed by atoms with Crippen molar-refractivity contribution in [2.24, 2.45) is 0 Å². The van der Waals surface area contributed by atoms with E-state index >= 15 is 0 Å². The normalized spacial score (nSPS) is 13.3. The highest BCUT2D eigenvalue weighted by molar-refractivity contribution is 7.80. The number of nitrogens with one attached hydrogen (secondary N) is 1. The number of amides is 1. The van der Waals surface area contributed by atoms with Crippen LogP contribution in [0.15, 0.2) is 66.7 Å². The molecule has 1 saturated heterocycles. The molecule has 9 heteroatoms. The number of benzene rings is 3. The maximum Gasteiger partial charge on any atom is 0.262 e. The zero-order chi connectivity index (χ0) is 24.8. The molecule has 1 heterocycles. The number of rotatable bonds is 7. The molecular formula is C26H25ClFN3O3S. The number of thiocarbonyl (C=S) groups is 1. The Bertz CT molecular complexity index is 1180. The molecular weight excluding hydrogens is 489 g/mol. The lowest BCUT2D eigenvalue weighted by atomic mass is 10.1. The van der Waals surface area contributed by atoms with E-state index in [2.05, 4.69) is 15.1 Å². The van der Waals surface area contributed by atoms with E-state index in [1.807, 2.05) is 12.1 Å². The molecule has 0 aromatic heterocycles. The molecule has 1 aliphatic rings. The van der Waals surface area contributed by atoms with Crippen LogP contribution in [0.1, 0.15) is 5.56 Å². The Morgan fingerprint density at radius 1 is 1.00 bits per heavy atom. The van der Waals surface area contributed by atoms with Crippen molar-refractivity contribution in [3.63, 3.8) is 0 Å². The Morgan fingerprint density at radius 3 is 2.34 bits per heavy atom. The lowest BCUT2D eigenvalue weighted by Gasteiger charge is -2.37. The highest BCUT2D eigenvalue weighted by Gasteiger charge is 2.21. The van der Waals surface area contributed by atoms with Crippen LogP contribution in [0.5, 0.6) is 11.5 Å². The summed E-state index contributed by atoms with van der Waals surface area (Å²) in [4.78, 5) is 17.3. The van der Waals surface area contributed by atoms with Gasteiger partial charge in [-0.3, -0.25) is 4.79 Å². The molecule has 1 fully saturated rings. The predicted octanol–water partition coefficient (Wildman–Crippen LogP) is 5.00. The molecule has 35 heavy (non-hydrogen) atoms. The summed E-state index contributed by atoms with van der Waals surface area (Å²) in [5.41, 5.74) is 2.47. The number of carbonyl (C=O) groups excluding carboxylic acids is 1. The van der Waals surface area contributed by atoms with Gasteiger partial charge in [0.05, 0.1) is 7.11 Å². The smallest absolute Gasteiger partial charge is 0.262 e. The zero-order valence-electron chi connectivity index (χ0n) is 19.2. The minimum atomic E-state index is -0.298. The average Bonchev–Trinajstić information content (AvgIpc) is 2.89. The first-order chi connectivity index (χ1) is 16.9. The van der Waals surface area contributed by atoms with Gasteiger partial charge in [-0.05, 0) is 66.7 Å². The van der Waals surface area contributed by atoms with Crippen LogP contribution in [0.4, 0.5) is 15.8 Å². The van der Waals surface area contributed by atoms with Gasteiger partial charge in [0, 0.05) is 48.1 Å². The third-order valence-electron chi connectivity index (χ3n) is 5.66. The van der Waals surface area contributed by atoms with Crippen LogP contribution in [-0.2, 0) is 4.79 Å². The lowest BCUT2D eigenvalue weighted by Crippen LogP contribution is -2.48. The van der Waals surface area contributed by atoms with Crippen LogP contribution < -0.4 is 19.7 Å². The Hall–Kier alpha value is -3.36. The number of piperazine rings is 1. The third kappa shape index (κ3) is 6.41. The van der Waals surface area contributed by atoms with Gasteiger partial charge in [-0.1, -0.05) is 23.8 Å². The summed E-state index contributed by atoms with van der Waals surface area (Å²) < 4.78 is 24.4. The van der Waals surface area contributed by atoms with Crippen molar-refractivity contribution >= 4 is 46.1 Å². The van der Waals surface area contributed by atoms with E-state index in [1.54, 1.807) is 49.6 Å². The topological polar surface area (TPSA) is 54.0 Å². The second-order valence-corrected chi connectivity index (χ2v) is 8.79. The van der Waals surface area contributed by atoms with Crippen LogP contribution in [0.3, 0.4) is 0 Å². The summed E-state index contributed by atoms with van der Waals surface area (Å²) in [5, 5.41) is 3.35. The third-order valence-corrected chi connectivity index (χ3v) is 6.40. The van der Waals surface area contributed by atoms with Gasteiger partial charge in [0.1, 0.15) is 10.8 Å². The van der Waals surface area contributed by atoms with Gasteiger partial charge < -0.3 is 24.6 Å². The van der Waals surface area contributed by atoms with Crippen LogP contribution in [0.2, 0.25) is 5.02 Å². The van der Waals surface area contributed by atoms with E-state index in [4.69, 9.17) is 33.3 Å². The lowest BCUT2D eigenvalue weighted by molar-refractivity contribution is -0.118. The molecule has 0 unspecified atom stereocenters. The van der Waals surface area contributed by atoms with Crippen LogP contribution >= 0.6 is 23.8 Å². The van der Waals surface area contributed by atoms with Crippen molar-refractivity contribution in [3.8, 4) is 11.5 Å². The second kappa shape index (κ2) is 11.4. The molecule has 6 nitrogen and oxygen atoms in total. The van der Waals surface area contributed by atoms with Gasteiger partial charge in [0.2, 0.25) is 0 Å². The molecule has 1 amide bonds. The minimum absolute atomic E-state index is 0.172. The van der Waals surface area contributed by atoms with Crippen molar-refractivity contribution in [1.82, 2.24) is 4.90 Å². The number of carbonyl (C=O) groups is 1. The fourth-order valence-corrected chi connectivity index (χ4v) is 4.23. The molecule has 3 aromatic rings. The standard InChI is InChI=1S/C26H25ClFN3O3S/c1-33-24-16-18(2-11-23(24)34-17-25(32)29-21-7-3-19(27)4-8-21)26(35)31-14-12-30(13-15-31)22-9-5-20(28)6-10-22/h2-11,16H,12-15,17H2,1H3,(H,29,32). The summed E-state index contributed by atoms with van der Waals surface area (Å²) in [5.74, 6) is 0.408. The average molecular weight is 514 g/mol. The number of halogens is 2. The molecule has 1 aliphatic heterocycles. The Balaban J connectivity index is 1.33. The van der Waals surface area contributed by atoms with Crippen molar-refractivity contribution in [2.75, 3.05) is 50.1 Å². The summed E-state index contributed by atoms with van der Waals surface area (Å²) in [6.07, 6.45) is 0. The zero-order valence-corrected chi connectivity index (χ0v) is 20.7. The van der Waals surface area contributed by atoms with Gasteiger partial charge in [0.15, 0.2) is 18.1 Å². The second-order valence-electron chi connectivity index (χ2n) is 7.97. The predicted molar refractivity (Wildman–Crippen MR) is 140 cm³/mol. The summed E-state index contributed by atoms with van der Waals surface area (Å²) in [6.45, 7) is 2.90. The first-order valence-corrected chi connectivity index (χ1v) is 11.9. The van der Waals surface area contributed by atoms with Crippen molar-refractivity contribution in [2.45, 2.75) is 0 Å². The number of hydrogen-bond acceptors (Lipinski definition) is 5. The molecule has 0 radical (unpaired) electrons. The SMILES string of the molecule is COc1cc(C(=S)N2CCN(c3ccc(F)cc3)CC2)ccc1OCC(=O)Nc1ccc(Cl)cc1. The largest absolute Gasteiger partial charge is 0.493 e. The van der Waals surface area contributed by atoms with E-state index < -0.39 is 0 Å². The summed E-state index contributed by atoms with van der Waals surface area (Å²) >= 11 is 11.6. The van der Waals surface area contributed by atoms with E-state index in [0.717, 1.165) is 37.4 Å². The minimum Gasteiger partial charge on any atom is -0.493 e. The Kier molecular flexibility index (Phi) is 8.05. The molecule has 0 bridgehead atoms. The number of anilines is 2. The number of ether oxygens (including phenoxy) is 2. The molecule has 0 spiro atoms. The monoisotopic (exact) mass is 513 g/mol. The maximum absolute atomic E-state index is 13.2. The van der Waals surface area contributed by atoms with Gasteiger partial charge >= 0.3 is 0 Å². The molecule has 0 atom stereocenters. The van der Waals surface area contributed by atoms with Crippen molar-refractivity contribution in [1.29, 1.82) is 0 Å². The van der Waals surface area contributed by atoms with Gasteiger partial charge in [-0.2, -0.15) is 0 Å². The van der Waals surface area contributed by atoms with E-state index in [9.17, 15) is 9.18 Å². The summed E-state index contributed by atoms with van der Waals surface area (Å²) in [7, 11) is 1.55. The van der Waals surface area contributed by atoms with Crippen LogP contribution in [0.25, 0.3) is 0 Å². The van der Waals surface area contributed by atoms with Gasteiger partial charge in [0.25, 0.3) is 5.91 Å². The van der Waals surface area contributed by atoms with Gasteiger partial charge in [-0.15, -0.1) is 0 Å². The van der Waals surface area contributed by atoms with Crippen molar-refractivity contribution < 1.29 is 18.7 Å². The molecule has 4 rings (SSSR count). The maximum atomic E-state index is 13.2. The van der Waals surface area contributed by atoms with Crippen LogP contribution in [-0.4, -0.2) is 55.7 Å². The van der Waals surface area contributed by atoms with E-state index in [1.165, 1.54) is 12.1 Å². The van der Waals surface area contributed by atoms with Crippen molar-refractivity contribution in [3.05, 3.63) is 83.1 Å². The van der Waals surface area contributed by atoms with Crippen LogP contribution in [0, 0.1) is 5.82 Å². The first kappa shape index (κ1) is 24.8. The number of methoxy groups -OCH3 is 1. The summed E-state index contributed by atoms with van der Waals surface area (Å²) in [6, 6.07) is 18.8. The Labute approximate surface area is 214 Å². The fraction of sp³-hybridized carbons (Fsp3) is 0.231. The fourth-order valence-electron chi connectivity index (χ4n) is 3.80. The molecule has 0 saturated carbocycles. The molecule has 3 aromatic carbocycles. The molecule has 1 N–H and O–H groups in total. The molecule has 182 valence electrons. The van der Waals surface area contributed by atoms with E-state index in [0.29, 0.717) is 27.2 Å². The number of hydrogen-bond donors (Lipinski definition) is 1. The Morgan fingerprint density at radius 2 is 1.69 bits per heavy atom. The first-order valence-electron chi connectivity index (χ1n) is 11.1.